The van der Waals surface area contributed by atoms with Crippen molar-refractivity contribution in [2.75, 3.05) is 37.3 Å². The molecule has 1 aliphatic rings. The number of hydrogen-bond acceptors (Lipinski definition) is 4. The molecule has 0 amide bonds. The molecular formula is C11H14F2N2O2S. The standard InChI is InChI=1S/C11H14F2N2O2S/c1-18(16,17)11-9(12)6-8(7-10(11)13)15-4-2-14-3-5-15/h6-7,14H,2-5H2,1H3. The monoisotopic (exact) mass is 276 g/mol. The summed E-state index contributed by atoms with van der Waals surface area (Å²) in [5.41, 5.74) is 0.374. The molecule has 1 N–H and O–H groups in total. The molecule has 0 aliphatic carbocycles. The van der Waals surface area contributed by atoms with E-state index in [1.165, 1.54) is 0 Å². The third-order valence-electron chi connectivity index (χ3n) is 2.84. The Labute approximate surface area is 105 Å². The van der Waals surface area contributed by atoms with Gasteiger partial charge in [-0.1, -0.05) is 0 Å². The maximum Gasteiger partial charge on any atom is 0.181 e. The van der Waals surface area contributed by atoms with E-state index in [0.29, 0.717) is 18.8 Å². The van der Waals surface area contributed by atoms with E-state index < -0.39 is 26.4 Å². The number of nitrogens with zero attached hydrogens (tertiary/aromatic N) is 1. The van der Waals surface area contributed by atoms with Crippen LogP contribution in [0.25, 0.3) is 0 Å². The maximum atomic E-state index is 13.7. The number of benzene rings is 1. The molecule has 1 fully saturated rings. The zero-order valence-electron chi connectivity index (χ0n) is 9.91. The smallest absolute Gasteiger partial charge is 0.181 e. The van der Waals surface area contributed by atoms with Gasteiger partial charge in [0.25, 0.3) is 0 Å². The Morgan fingerprint density at radius 1 is 1.17 bits per heavy atom. The molecule has 0 bridgehead atoms. The molecule has 18 heavy (non-hydrogen) atoms. The lowest BCUT2D eigenvalue weighted by atomic mass is 10.2. The van der Waals surface area contributed by atoms with E-state index in [2.05, 4.69) is 5.32 Å². The highest BCUT2D eigenvalue weighted by atomic mass is 32.2. The highest BCUT2D eigenvalue weighted by molar-refractivity contribution is 7.90. The summed E-state index contributed by atoms with van der Waals surface area (Å²) in [4.78, 5) is 0.954. The topological polar surface area (TPSA) is 49.4 Å². The van der Waals surface area contributed by atoms with Gasteiger partial charge in [0.1, 0.15) is 16.5 Å². The van der Waals surface area contributed by atoms with Crippen LogP contribution in [-0.4, -0.2) is 40.9 Å². The fraction of sp³-hybridized carbons (Fsp3) is 0.455. The largest absolute Gasteiger partial charge is 0.369 e. The Hall–Kier alpha value is -1.21. The first-order valence-corrected chi connectivity index (χ1v) is 7.43. The van der Waals surface area contributed by atoms with Crippen molar-refractivity contribution in [3.05, 3.63) is 23.8 Å². The first kappa shape index (κ1) is 13.2. The molecule has 0 aromatic heterocycles. The van der Waals surface area contributed by atoms with E-state index in [9.17, 15) is 17.2 Å². The van der Waals surface area contributed by atoms with E-state index in [-0.39, 0.29) is 0 Å². The highest BCUT2D eigenvalue weighted by Gasteiger charge is 2.22. The second-order valence-electron chi connectivity index (χ2n) is 4.25. The van der Waals surface area contributed by atoms with Gasteiger partial charge in [-0.25, -0.2) is 17.2 Å². The number of hydrogen-bond donors (Lipinski definition) is 1. The van der Waals surface area contributed by atoms with E-state index in [1.54, 1.807) is 0 Å². The quantitative estimate of drug-likeness (QED) is 0.867. The third-order valence-corrected chi connectivity index (χ3v) is 3.97. The predicted octanol–water partition coefficient (Wildman–Crippen LogP) is 0.778. The summed E-state index contributed by atoms with van der Waals surface area (Å²) in [7, 11) is -3.89. The first-order chi connectivity index (χ1) is 8.39. The number of piperazine rings is 1. The molecule has 0 saturated carbocycles. The Morgan fingerprint density at radius 3 is 2.11 bits per heavy atom. The zero-order chi connectivity index (χ0) is 13.3. The second kappa shape index (κ2) is 4.81. The maximum absolute atomic E-state index is 13.7. The summed E-state index contributed by atoms with van der Waals surface area (Å²) >= 11 is 0. The van der Waals surface area contributed by atoms with Gasteiger partial charge in [0.15, 0.2) is 9.84 Å². The molecule has 0 unspecified atom stereocenters. The van der Waals surface area contributed by atoms with Crippen LogP contribution in [-0.2, 0) is 9.84 Å². The summed E-state index contributed by atoms with van der Waals surface area (Å²) in [5, 5.41) is 3.12. The normalized spacial score (nSPS) is 16.9. The van der Waals surface area contributed by atoms with Crippen molar-refractivity contribution >= 4 is 15.5 Å². The molecule has 4 nitrogen and oxygen atoms in total. The van der Waals surface area contributed by atoms with Crippen molar-refractivity contribution in [1.82, 2.24) is 5.32 Å². The van der Waals surface area contributed by atoms with Crippen molar-refractivity contribution in [3.63, 3.8) is 0 Å². The lowest BCUT2D eigenvalue weighted by molar-refractivity contribution is 0.518. The molecular weight excluding hydrogens is 262 g/mol. The van der Waals surface area contributed by atoms with Crippen LogP contribution in [0.5, 0.6) is 0 Å². The van der Waals surface area contributed by atoms with Crippen molar-refractivity contribution in [1.29, 1.82) is 0 Å². The van der Waals surface area contributed by atoms with Gasteiger partial charge >= 0.3 is 0 Å². The fourth-order valence-electron chi connectivity index (χ4n) is 2.01. The van der Waals surface area contributed by atoms with Gasteiger partial charge in [0.05, 0.1) is 0 Å². The minimum atomic E-state index is -3.89. The Kier molecular flexibility index (Phi) is 3.54. The van der Waals surface area contributed by atoms with Gasteiger partial charge in [-0.05, 0) is 12.1 Å². The zero-order valence-corrected chi connectivity index (χ0v) is 10.7. The van der Waals surface area contributed by atoms with E-state index in [1.807, 2.05) is 4.90 Å². The summed E-state index contributed by atoms with van der Waals surface area (Å²) in [6.07, 6.45) is 0.791. The number of halogens is 2. The van der Waals surface area contributed by atoms with E-state index in [0.717, 1.165) is 31.5 Å². The van der Waals surface area contributed by atoms with E-state index >= 15 is 0 Å². The lowest BCUT2D eigenvalue weighted by Gasteiger charge is -2.29. The SMILES string of the molecule is CS(=O)(=O)c1c(F)cc(N2CCNCC2)cc1F. The minimum absolute atomic E-state index is 0.374. The van der Waals surface area contributed by atoms with Gasteiger partial charge in [0.2, 0.25) is 0 Å². The van der Waals surface area contributed by atoms with Gasteiger partial charge in [-0.2, -0.15) is 0 Å². The van der Waals surface area contributed by atoms with Crippen LogP contribution in [0.3, 0.4) is 0 Å². The van der Waals surface area contributed by atoms with Crippen LogP contribution in [0, 0.1) is 11.6 Å². The summed E-state index contributed by atoms with van der Waals surface area (Å²) < 4.78 is 49.9. The molecule has 2 rings (SSSR count). The molecule has 0 spiro atoms. The van der Waals surface area contributed by atoms with Crippen molar-refractivity contribution in [2.45, 2.75) is 4.90 Å². The lowest BCUT2D eigenvalue weighted by Crippen LogP contribution is -2.43. The molecule has 1 saturated heterocycles. The fourth-order valence-corrected chi connectivity index (χ4v) is 2.83. The summed E-state index contributed by atoms with van der Waals surface area (Å²) in [5.74, 6) is -2.07. The molecule has 0 radical (unpaired) electrons. The van der Waals surface area contributed by atoms with Gasteiger partial charge < -0.3 is 10.2 Å². The van der Waals surface area contributed by atoms with Crippen LogP contribution in [0.4, 0.5) is 14.5 Å². The molecule has 1 aromatic rings. The van der Waals surface area contributed by atoms with Gasteiger partial charge in [0, 0.05) is 38.1 Å². The summed E-state index contributed by atoms with van der Waals surface area (Å²) in [6.45, 7) is 2.74. The molecule has 0 atom stereocenters. The van der Waals surface area contributed by atoms with Crippen LogP contribution >= 0.6 is 0 Å². The minimum Gasteiger partial charge on any atom is -0.369 e. The Bertz CT molecular complexity index is 531. The van der Waals surface area contributed by atoms with Crippen molar-refractivity contribution in [2.24, 2.45) is 0 Å². The van der Waals surface area contributed by atoms with Gasteiger partial charge in [-0.15, -0.1) is 0 Å². The van der Waals surface area contributed by atoms with Crippen LogP contribution in [0.1, 0.15) is 0 Å². The van der Waals surface area contributed by atoms with Crippen LogP contribution < -0.4 is 10.2 Å². The number of nitrogens with one attached hydrogen (secondary N) is 1. The highest BCUT2D eigenvalue weighted by Crippen LogP contribution is 2.25. The van der Waals surface area contributed by atoms with Crippen molar-refractivity contribution in [3.8, 4) is 0 Å². The third kappa shape index (κ3) is 2.62. The predicted molar refractivity (Wildman–Crippen MR) is 64.6 cm³/mol. The summed E-state index contributed by atoms with van der Waals surface area (Å²) in [6, 6.07) is 2.15. The first-order valence-electron chi connectivity index (χ1n) is 5.54. The van der Waals surface area contributed by atoms with Crippen LogP contribution in [0.2, 0.25) is 0 Å². The van der Waals surface area contributed by atoms with Crippen LogP contribution in [0.15, 0.2) is 17.0 Å². The van der Waals surface area contributed by atoms with Crippen molar-refractivity contribution < 1.29 is 17.2 Å². The number of anilines is 1. The average Bonchev–Trinajstić information content (AvgIpc) is 2.27. The Balaban J connectivity index is 2.42. The molecule has 1 aliphatic heterocycles. The van der Waals surface area contributed by atoms with E-state index in [4.69, 9.17) is 0 Å². The second-order valence-corrected chi connectivity index (χ2v) is 6.20. The Morgan fingerprint density at radius 2 is 1.67 bits per heavy atom. The number of sulfone groups is 1. The molecule has 1 heterocycles. The van der Waals surface area contributed by atoms with Gasteiger partial charge in [-0.3, -0.25) is 0 Å². The molecule has 1 aromatic carbocycles. The number of rotatable bonds is 2. The molecule has 100 valence electrons. The molecule has 7 heteroatoms. The average molecular weight is 276 g/mol.